The molecule has 0 aromatic rings. The van der Waals surface area contributed by atoms with Crippen molar-refractivity contribution in [2.75, 3.05) is 19.4 Å². The van der Waals surface area contributed by atoms with Gasteiger partial charge < -0.3 is 9.26 Å². The maximum Gasteiger partial charge on any atom is 0.306 e. The third kappa shape index (κ3) is 3.32. The summed E-state index contributed by atoms with van der Waals surface area (Å²) in [7, 11) is -2.71. The van der Waals surface area contributed by atoms with Gasteiger partial charge in [-0.25, -0.2) is 0 Å². The Labute approximate surface area is 104 Å². The topological polar surface area (TPSA) is 52.6 Å². The maximum atomic E-state index is 12.8. The molecule has 17 heavy (non-hydrogen) atoms. The SMILES string of the molecule is CCOC(=O)C[C@]1(C)CCCC[P@]1(=O)OCC. The van der Waals surface area contributed by atoms with Crippen LogP contribution in [0, 0.1) is 0 Å². The fourth-order valence-electron chi connectivity index (χ4n) is 2.43. The van der Waals surface area contributed by atoms with Crippen molar-refractivity contribution in [1.29, 1.82) is 0 Å². The fourth-order valence-corrected chi connectivity index (χ4v) is 5.33. The smallest absolute Gasteiger partial charge is 0.306 e. The zero-order valence-corrected chi connectivity index (χ0v) is 11.9. The molecule has 0 aromatic carbocycles. The Morgan fingerprint density at radius 1 is 1.29 bits per heavy atom. The second kappa shape index (κ2) is 6.01. The summed E-state index contributed by atoms with van der Waals surface area (Å²) in [5, 5.41) is -0.534. The van der Waals surface area contributed by atoms with Crippen LogP contribution in [0.25, 0.3) is 0 Å². The minimum Gasteiger partial charge on any atom is -0.466 e. The van der Waals surface area contributed by atoms with E-state index in [1.165, 1.54) is 0 Å². The van der Waals surface area contributed by atoms with Gasteiger partial charge in [-0.05, 0) is 33.6 Å². The lowest BCUT2D eigenvalue weighted by Gasteiger charge is -2.39. The molecule has 5 heteroatoms. The maximum absolute atomic E-state index is 12.8. The summed E-state index contributed by atoms with van der Waals surface area (Å²) in [6, 6.07) is 0. The Hall–Kier alpha value is -0.340. The van der Waals surface area contributed by atoms with E-state index >= 15 is 0 Å². The highest BCUT2D eigenvalue weighted by Crippen LogP contribution is 2.65. The van der Waals surface area contributed by atoms with Crippen molar-refractivity contribution in [2.45, 2.75) is 51.6 Å². The van der Waals surface area contributed by atoms with E-state index in [0.29, 0.717) is 19.4 Å². The van der Waals surface area contributed by atoms with Gasteiger partial charge in [-0.15, -0.1) is 0 Å². The molecular formula is C12H23O4P. The predicted octanol–water partition coefficient (Wildman–Crippen LogP) is 3.20. The highest BCUT2D eigenvalue weighted by atomic mass is 31.2. The van der Waals surface area contributed by atoms with E-state index in [2.05, 4.69) is 0 Å². The summed E-state index contributed by atoms with van der Waals surface area (Å²) in [4.78, 5) is 11.6. The van der Waals surface area contributed by atoms with E-state index in [9.17, 15) is 9.36 Å². The van der Waals surface area contributed by atoms with E-state index in [1.54, 1.807) is 6.92 Å². The van der Waals surface area contributed by atoms with Gasteiger partial charge in [0.1, 0.15) is 0 Å². The highest BCUT2D eigenvalue weighted by Gasteiger charge is 2.48. The molecule has 0 aliphatic carbocycles. The summed E-state index contributed by atoms with van der Waals surface area (Å²) >= 11 is 0. The third-order valence-electron chi connectivity index (χ3n) is 3.41. The van der Waals surface area contributed by atoms with Crippen LogP contribution in [0.2, 0.25) is 0 Å². The van der Waals surface area contributed by atoms with Gasteiger partial charge >= 0.3 is 5.97 Å². The number of ether oxygens (including phenoxy) is 1. The van der Waals surface area contributed by atoms with Gasteiger partial charge in [-0.1, -0.05) is 6.42 Å². The average Bonchev–Trinajstić information content (AvgIpc) is 2.23. The number of carbonyl (C=O) groups is 1. The van der Waals surface area contributed by atoms with Crippen LogP contribution in [0.3, 0.4) is 0 Å². The van der Waals surface area contributed by atoms with Crippen LogP contribution < -0.4 is 0 Å². The van der Waals surface area contributed by atoms with Crippen LogP contribution in [0.15, 0.2) is 0 Å². The first-order valence-corrected chi connectivity index (χ1v) is 8.18. The summed E-state index contributed by atoms with van der Waals surface area (Å²) in [6.07, 6.45) is 3.51. The van der Waals surface area contributed by atoms with E-state index in [4.69, 9.17) is 9.26 Å². The van der Waals surface area contributed by atoms with Crippen molar-refractivity contribution in [3.05, 3.63) is 0 Å². The second-order valence-electron chi connectivity index (χ2n) is 4.75. The number of esters is 1. The minimum atomic E-state index is -2.71. The van der Waals surface area contributed by atoms with Gasteiger partial charge in [0.2, 0.25) is 7.37 Å². The first-order chi connectivity index (χ1) is 7.97. The van der Waals surface area contributed by atoms with Crippen molar-refractivity contribution < 1.29 is 18.6 Å². The molecule has 1 aliphatic rings. The molecule has 0 N–H and O–H groups in total. The van der Waals surface area contributed by atoms with Crippen molar-refractivity contribution in [2.24, 2.45) is 0 Å². The monoisotopic (exact) mass is 262 g/mol. The normalized spacial score (nSPS) is 33.4. The number of hydrogen-bond donors (Lipinski definition) is 0. The molecule has 100 valence electrons. The van der Waals surface area contributed by atoms with Gasteiger partial charge in [0.15, 0.2) is 0 Å². The van der Waals surface area contributed by atoms with E-state index in [-0.39, 0.29) is 12.4 Å². The number of hydrogen-bond acceptors (Lipinski definition) is 4. The molecular weight excluding hydrogens is 239 g/mol. The minimum absolute atomic E-state index is 0.206. The molecule has 0 aromatic heterocycles. The Kier molecular flexibility index (Phi) is 5.21. The molecule has 0 amide bonds. The molecule has 2 atom stereocenters. The molecule has 1 rings (SSSR count). The Morgan fingerprint density at radius 2 is 2.00 bits per heavy atom. The molecule has 0 bridgehead atoms. The van der Waals surface area contributed by atoms with Gasteiger partial charge in [-0.3, -0.25) is 9.36 Å². The lowest BCUT2D eigenvalue weighted by molar-refractivity contribution is -0.143. The summed E-state index contributed by atoms with van der Waals surface area (Å²) < 4.78 is 23.3. The first-order valence-electron chi connectivity index (χ1n) is 6.37. The Bertz CT molecular complexity index is 310. The molecule has 1 saturated heterocycles. The Balaban J connectivity index is 2.81. The van der Waals surface area contributed by atoms with E-state index in [1.807, 2.05) is 13.8 Å². The van der Waals surface area contributed by atoms with Gasteiger partial charge in [0, 0.05) is 6.16 Å². The lowest BCUT2D eigenvalue weighted by Crippen LogP contribution is -2.34. The van der Waals surface area contributed by atoms with Gasteiger partial charge in [-0.2, -0.15) is 0 Å². The standard InChI is InChI=1S/C12H23O4P/c1-4-15-11(13)10-12(3)8-6-7-9-17(12,14)16-5-2/h4-10H2,1-3H3/t12-,17-/m0/s1. The van der Waals surface area contributed by atoms with Crippen molar-refractivity contribution >= 4 is 13.3 Å². The zero-order chi connectivity index (χ0) is 12.9. The van der Waals surface area contributed by atoms with Crippen molar-refractivity contribution in [1.82, 2.24) is 0 Å². The molecule has 4 nitrogen and oxygen atoms in total. The molecule has 0 radical (unpaired) electrons. The quantitative estimate of drug-likeness (QED) is 0.564. The van der Waals surface area contributed by atoms with Crippen LogP contribution in [0.4, 0.5) is 0 Å². The second-order valence-corrected chi connectivity index (χ2v) is 7.88. The molecule has 0 saturated carbocycles. The van der Waals surface area contributed by atoms with Crippen molar-refractivity contribution in [3.63, 3.8) is 0 Å². The number of rotatable bonds is 5. The molecule has 0 spiro atoms. The zero-order valence-electron chi connectivity index (χ0n) is 11.0. The molecule has 1 heterocycles. The number of carbonyl (C=O) groups excluding carboxylic acids is 1. The molecule has 0 unspecified atom stereocenters. The van der Waals surface area contributed by atoms with E-state index in [0.717, 1.165) is 19.3 Å². The fraction of sp³-hybridized carbons (Fsp3) is 0.917. The average molecular weight is 262 g/mol. The summed E-state index contributed by atoms with van der Waals surface area (Å²) in [5.74, 6) is -0.267. The van der Waals surface area contributed by atoms with Gasteiger partial charge in [0.05, 0.1) is 24.8 Å². The highest BCUT2D eigenvalue weighted by molar-refractivity contribution is 7.60. The van der Waals surface area contributed by atoms with Crippen molar-refractivity contribution in [3.8, 4) is 0 Å². The summed E-state index contributed by atoms with van der Waals surface area (Å²) in [5.41, 5.74) is 0. The predicted molar refractivity (Wildman–Crippen MR) is 67.6 cm³/mol. The van der Waals surface area contributed by atoms with Crippen LogP contribution in [-0.4, -0.2) is 30.5 Å². The lowest BCUT2D eigenvalue weighted by atomic mass is 9.99. The summed E-state index contributed by atoms with van der Waals surface area (Å²) in [6.45, 7) is 6.34. The van der Waals surface area contributed by atoms with E-state index < -0.39 is 12.5 Å². The van der Waals surface area contributed by atoms with Crippen LogP contribution in [0.5, 0.6) is 0 Å². The van der Waals surface area contributed by atoms with Crippen LogP contribution >= 0.6 is 7.37 Å². The first kappa shape index (κ1) is 14.7. The van der Waals surface area contributed by atoms with Crippen LogP contribution in [-0.2, 0) is 18.6 Å². The van der Waals surface area contributed by atoms with Crippen LogP contribution in [0.1, 0.15) is 46.5 Å². The van der Waals surface area contributed by atoms with Gasteiger partial charge in [0.25, 0.3) is 0 Å². The largest absolute Gasteiger partial charge is 0.466 e. The molecule has 1 fully saturated rings. The Morgan fingerprint density at radius 3 is 2.59 bits per heavy atom. The molecule has 1 aliphatic heterocycles. The third-order valence-corrected chi connectivity index (χ3v) is 7.02.